The molecule has 23 heavy (non-hydrogen) atoms. The first-order chi connectivity index (χ1) is 11.3. The maximum atomic E-state index is 6.17. The number of benzene rings is 3. The second-order valence-electron chi connectivity index (χ2n) is 5.39. The first kappa shape index (κ1) is 15.3. The molecule has 0 unspecified atom stereocenters. The minimum absolute atomic E-state index is 1.15. The van der Waals surface area contributed by atoms with Crippen molar-refractivity contribution in [2.45, 2.75) is 6.92 Å². The zero-order chi connectivity index (χ0) is 15.9. The molecule has 0 N–H and O–H groups in total. The normalized spacial score (nSPS) is 11.0. The number of hydrogen-bond acceptors (Lipinski definition) is 1. The fourth-order valence-corrected chi connectivity index (χ4v) is 4.14. The van der Waals surface area contributed by atoms with Crippen molar-refractivity contribution in [3.05, 3.63) is 102 Å². The van der Waals surface area contributed by atoms with Gasteiger partial charge in [0.05, 0.1) is 6.26 Å². The van der Waals surface area contributed by atoms with E-state index in [1.54, 1.807) is 0 Å². The number of aryl methyl sites for hydroxylation is 1. The van der Waals surface area contributed by atoms with Crippen molar-refractivity contribution in [3.63, 3.8) is 0 Å². The summed E-state index contributed by atoms with van der Waals surface area (Å²) in [5.41, 5.74) is 2.42. The topological polar surface area (TPSA) is 9.23 Å². The second-order valence-corrected chi connectivity index (χ2v) is 7.44. The third-order valence-electron chi connectivity index (χ3n) is 3.60. The molecule has 0 fully saturated rings. The summed E-state index contributed by atoms with van der Waals surface area (Å²) in [7, 11) is -1.26. The molecule has 0 bridgehead atoms. The van der Waals surface area contributed by atoms with Crippen molar-refractivity contribution in [1.29, 1.82) is 0 Å². The lowest BCUT2D eigenvalue weighted by Gasteiger charge is -2.14. The van der Waals surface area contributed by atoms with Crippen molar-refractivity contribution in [3.8, 4) is 0 Å². The van der Waals surface area contributed by atoms with Gasteiger partial charge < -0.3 is 4.43 Å². The quantitative estimate of drug-likeness (QED) is 0.514. The Morgan fingerprint density at radius 3 is 1.74 bits per heavy atom. The SMILES string of the molecule is Cc1ccc(C=CO[Si](c2ccccc2)c2ccccc2)cc1. The molecule has 0 heterocycles. The van der Waals surface area contributed by atoms with Crippen LogP contribution in [-0.4, -0.2) is 9.04 Å². The van der Waals surface area contributed by atoms with E-state index in [0.29, 0.717) is 0 Å². The first-order valence-electron chi connectivity index (χ1n) is 7.70. The molecule has 2 heteroatoms. The molecule has 0 atom stereocenters. The lowest BCUT2D eigenvalue weighted by molar-refractivity contribution is 0.516. The van der Waals surface area contributed by atoms with Gasteiger partial charge >= 0.3 is 9.04 Å². The van der Waals surface area contributed by atoms with Crippen molar-refractivity contribution in [2.75, 3.05) is 0 Å². The van der Waals surface area contributed by atoms with E-state index in [0.717, 1.165) is 5.56 Å². The molecular formula is C21H19OSi. The largest absolute Gasteiger partial charge is 0.538 e. The second kappa shape index (κ2) is 7.61. The van der Waals surface area contributed by atoms with Gasteiger partial charge in [-0.3, -0.25) is 0 Å². The molecule has 0 aliphatic rings. The fraction of sp³-hybridized carbons (Fsp3) is 0.0476. The van der Waals surface area contributed by atoms with Gasteiger partial charge in [0.25, 0.3) is 0 Å². The molecule has 1 radical (unpaired) electrons. The molecule has 0 spiro atoms. The Kier molecular flexibility index (Phi) is 5.07. The first-order valence-corrected chi connectivity index (χ1v) is 9.11. The van der Waals surface area contributed by atoms with Crippen LogP contribution >= 0.6 is 0 Å². The van der Waals surface area contributed by atoms with Crippen molar-refractivity contribution in [2.24, 2.45) is 0 Å². The molecule has 0 saturated heterocycles. The zero-order valence-corrected chi connectivity index (χ0v) is 14.1. The average Bonchev–Trinajstić information content (AvgIpc) is 2.62. The zero-order valence-electron chi connectivity index (χ0n) is 13.1. The highest BCUT2D eigenvalue weighted by atomic mass is 28.3. The van der Waals surface area contributed by atoms with E-state index >= 15 is 0 Å². The van der Waals surface area contributed by atoms with Crippen LogP contribution in [0.25, 0.3) is 6.08 Å². The van der Waals surface area contributed by atoms with E-state index in [2.05, 4.69) is 79.7 Å². The Balaban J connectivity index is 1.81. The molecule has 1 nitrogen and oxygen atoms in total. The fourth-order valence-electron chi connectivity index (χ4n) is 2.34. The third-order valence-corrected chi connectivity index (χ3v) is 5.68. The van der Waals surface area contributed by atoms with Crippen LogP contribution in [0.3, 0.4) is 0 Å². The van der Waals surface area contributed by atoms with E-state index < -0.39 is 9.04 Å². The van der Waals surface area contributed by atoms with Crippen LogP contribution in [0.2, 0.25) is 0 Å². The molecule has 0 aliphatic heterocycles. The van der Waals surface area contributed by atoms with Gasteiger partial charge in [0.1, 0.15) is 0 Å². The molecule has 0 amide bonds. The Morgan fingerprint density at radius 1 is 0.696 bits per heavy atom. The third kappa shape index (κ3) is 4.21. The Morgan fingerprint density at radius 2 is 1.22 bits per heavy atom. The summed E-state index contributed by atoms with van der Waals surface area (Å²) in [4.78, 5) is 0. The average molecular weight is 315 g/mol. The highest BCUT2D eigenvalue weighted by Gasteiger charge is 2.19. The standard InChI is InChI=1S/C21H19OSi/c1-18-12-14-19(15-13-18)16-17-22-23(20-8-4-2-5-9-20)21-10-6-3-7-11-21/h2-17H,1H3. The van der Waals surface area contributed by atoms with Gasteiger partial charge in [-0.2, -0.15) is 0 Å². The molecule has 3 aromatic rings. The van der Waals surface area contributed by atoms with Gasteiger partial charge in [-0.1, -0.05) is 90.5 Å². The van der Waals surface area contributed by atoms with E-state index in [-0.39, 0.29) is 0 Å². The summed E-state index contributed by atoms with van der Waals surface area (Å²) in [5, 5.41) is 2.49. The van der Waals surface area contributed by atoms with Gasteiger partial charge in [-0.25, -0.2) is 0 Å². The van der Waals surface area contributed by atoms with Crippen LogP contribution in [-0.2, 0) is 4.43 Å². The summed E-state index contributed by atoms with van der Waals surface area (Å²) in [6.45, 7) is 2.09. The van der Waals surface area contributed by atoms with Crippen molar-refractivity contribution < 1.29 is 4.43 Å². The van der Waals surface area contributed by atoms with Crippen LogP contribution in [0.15, 0.2) is 91.2 Å². The van der Waals surface area contributed by atoms with E-state index in [4.69, 9.17) is 4.43 Å². The van der Waals surface area contributed by atoms with E-state index in [1.807, 2.05) is 24.5 Å². The number of hydrogen-bond donors (Lipinski definition) is 0. The maximum absolute atomic E-state index is 6.17. The molecule has 0 aromatic heterocycles. The predicted molar refractivity (Wildman–Crippen MR) is 99.2 cm³/mol. The smallest absolute Gasteiger partial charge is 0.352 e. The van der Waals surface area contributed by atoms with Gasteiger partial charge in [-0.05, 0) is 28.9 Å². The summed E-state index contributed by atoms with van der Waals surface area (Å²) >= 11 is 0. The van der Waals surface area contributed by atoms with Gasteiger partial charge in [-0.15, -0.1) is 0 Å². The maximum Gasteiger partial charge on any atom is 0.352 e. The van der Waals surface area contributed by atoms with Crippen LogP contribution in [0.4, 0.5) is 0 Å². The lowest BCUT2D eigenvalue weighted by Crippen LogP contribution is -2.43. The van der Waals surface area contributed by atoms with Crippen LogP contribution in [0.1, 0.15) is 11.1 Å². The molecule has 0 aliphatic carbocycles. The van der Waals surface area contributed by atoms with Crippen LogP contribution < -0.4 is 10.4 Å². The highest BCUT2D eigenvalue weighted by Crippen LogP contribution is 2.05. The van der Waals surface area contributed by atoms with Crippen LogP contribution in [0, 0.1) is 6.92 Å². The lowest BCUT2D eigenvalue weighted by atomic mass is 10.1. The molecule has 113 valence electrons. The summed E-state index contributed by atoms with van der Waals surface area (Å²) in [5.74, 6) is 0. The molecule has 0 saturated carbocycles. The van der Waals surface area contributed by atoms with E-state index in [1.165, 1.54) is 15.9 Å². The summed E-state index contributed by atoms with van der Waals surface area (Å²) in [6, 6.07) is 29.3. The predicted octanol–water partition coefficient (Wildman–Crippen LogP) is 3.79. The van der Waals surface area contributed by atoms with Gasteiger partial charge in [0, 0.05) is 0 Å². The monoisotopic (exact) mass is 315 g/mol. The van der Waals surface area contributed by atoms with Crippen molar-refractivity contribution >= 4 is 25.5 Å². The minimum atomic E-state index is -1.26. The summed E-state index contributed by atoms with van der Waals surface area (Å²) in [6.07, 6.45) is 3.86. The Labute approximate surface area is 139 Å². The summed E-state index contributed by atoms with van der Waals surface area (Å²) < 4.78 is 6.17. The molecular weight excluding hydrogens is 296 g/mol. The molecule has 3 aromatic carbocycles. The highest BCUT2D eigenvalue weighted by molar-refractivity contribution is 6.80. The Bertz CT molecular complexity index is 709. The molecule has 3 rings (SSSR count). The van der Waals surface area contributed by atoms with Crippen LogP contribution in [0.5, 0.6) is 0 Å². The van der Waals surface area contributed by atoms with E-state index in [9.17, 15) is 0 Å². The minimum Gasteiger partial charge on any atom is -0.538 e. The van der Waals surface area contributed by atoms with Crippen molar-refractivity contribution in [1.82, 2.24) is 0 Å². The van der Waals surface area contributed by atoms with Gasteiger partial charge in [0.2, 0.25) is 0 Å². The van der Waals surface area contributed by atoms with Gasteiger partial charge in [0.15, 0.2) is 0 Å². The Hall–Kier alpha value is -2.58. The number of rotatable bonds is 5.